The molecule has 1 aliphatic heterocycles. The Morgan fingerprint density at radius 3 is 2.70 bits per heavy atom. The van der Waals surface area contributed by atoms with E-state index in [2.05, 4.69) is 20.2 Å². The number of nitrogens with one attached hydrogen (secondary N) is 2. The van der Waals surface area contributed by atoms with Gasteiger partial charge in [0.2, 0.25) is 5.16 Å². The minimum atomic E-state index is -0.287. The van der Waals surface area contributed by atoms with E-state index in [9.17, 15) is 14.0 Å². The number of rotatable bonds is 7. The van der Waals surface area contributed by atoms with Crippen molar-refractivity contribution in [2.75, 3.05) is 18.8 Å². The Bertz CT molecular complexity index is 1070. The first-order valence-electron chi connectivity index (χ1n) is 9.58. The molecule has 1 aliphatic rings. The number of carbonyl (C=O) groups is 2. The van der Waals surface area contributed by atoms with Gasteiger partial charge in [-0.1, -0.05) is 30.0 Å². The Kier molecular flexibility index (Phi) is 6.08. The van der Waals surface area contributed by atoms with Crippen molar-refractivity contribution >= 4 is 35.6 Å². The number of likely N-dealkylation sites (tertiary alicyclic amines) is 1. The van der Waals surface area contributed by atoms with Crippen LogP contribution in [0.3, 0.4) is 0 Å². The molecule has 0 unspecified atom stereocenters. The number of thioether (sulfide) groups is 1. The van der Waals surface area contributed by atoms with E-state index in [1.54, 1.807) is 41.4 Å². The number of amides is 1. The molecule has 1 fully saturated rings. The van der Waals surface area contributed by atoms with Crippen molar-refractivity contribution in [1.82, 2.24) is 25.1 Å². The normalized spacial score (nSPS) is 14.0. The Labute approximate surface area is 176 Å². The lowest BCUT2D eigenvalue weighted by molar-refractivity contribution is 0.0787. The zero-order valence-corrected chi connectivity index (χ0v) is 16.9. The van der Waals surface area contributed by atoms with Crippen molar-refractivity contribution in [3.63, 3.8) is 0 Å². The molecule has 7 nitrogen and oxygen atoms in total. The van der Waals surface area contributed by atoms with Crippen LogP contribution in [0.1, 0.15) is 45.1 Å². The van der Waals surface area contributed by atoms with Crippen molar-refractivity contribution in [3.8, 4) is 0 Å². The van der Waals surface area contributed by atoms with E-state index >= 15 is 0 Å². The molecule has 0 saturated carbocycles. The molecule has 30 heavy (non-hydrogen) atoms. The maximum Gasteiger partial charge on any atom is 0.270 e. The SMILES string of the molecule is O=C(CSc1n[nH]c(/C=C\c2ccc(F)cc2)n1)c1c[nH]c(C(=O)N2CCCC2)c1. The molecule has 4 rings (SSSR count). The fourth-order valence-corrected chi connectivity index (χ4v) is 3.83. The average molecular weight is 425 g/mol. The highest BCUT2D eigenvalue weighted by molar-refractivity contribution is 7.99. The van der Waals surface area contributed by atoms with Crippen LogP contribution in [-0.4, -0.2) is 55.6 Å². The van der Waals surface area contributed by atoms with E-state index < -0.39 is 0 Å². The number of carbonyl (C=O) groups excluding carboxylic acids is 2. The predicted octanol–water partition coefficient (Wildman–Crippen LogP) is 3.65. The first-order chi connectivity index (χ1) is 14.6. The number of nitrogens with zero attached hydrogens (tertiary/aromatic N) is 3. The van der Waals surface area contributed by atoms with Crippen molar-refractivity contribution in [2.24, 2.45) is 0 Å². The number of Topliss-reactive ketones (excluding diaryl/α,β-unsaturated/α-hetero) is 1. The minimum Gasteiger partial charge on any atom is -0.356 e. The van der Waals surface area contributed by atoms with Gasteiger partial charge in [0.25, 0.3) is 5.91 Å². The largest absolute Gasteiger partial charge is 0.356 e. The standard InChI is InChI=1S/C21H20FN5O2S/c22-16-6-3-14(4-7-16)5-8-19-24-21(26-25-19)30-13-18(28)15-11-17(23-12-15)20(29)27-9-1-2-10-27/h3-8,11-12,23H,1-2,9-10,13H2,(H,24,25,26)/b8-5-. The van der Waals surface area contributed by atoms with Gasteiger partial charge < -0.3 is 9.88 Å². The summed E-state index contributed by atoms with van der Waals surface area (Å²) in [6, 6.07) is 7.71. The number of ketones is 1. The molecule has 154 valence electrons. The Balaban J connectivity index is 1.31. The Morgan fingerprint density at radius 1 is 1.17 bits per heavy atom. The number of halogens is 1. The van der Waals surface area contributed by atoms with Crippen molar-refractivity contribution < 1.29 is 14.0 Å². The predicted molar refractivity (Wildman–Crippen MR) is 113 cm³/mol. The summed E-state index contributed by atoms with van der Waals surface area (Å²) in [4.78, 5) is 33.8. The zero-order chi connectivity index (χ0) is 20.9. The van der Waals surface area contributed by atoms with E-state index in [1.165, 1.54) is 23.9 Å². The molecule has 0 bridgehead atoms. The molecule has 1 saturated heterocycles. The molecule has 9 heteroatoms. The first-order valence-corrected chi connectivity index (χ1v) is 10.6. The summed E-state index contributed by atoms with van der Waals surface area (Å²) in [6.07, 6.45) is 7.13. The third-order valence-corrected chi connectivity index (χ3v) is 5.59. The maximum absolute atomic E-state index is 12.9. The van der Waals surface area contributed by atoms with E-state index in [0.717, 1.165) is 31.5 Å². The van der Waals surface area contributed by atoms with Crippen LogP contribution in [-0.2, 0) is 0 Å². The molecular formula is C21H20FN5O2S. The zero-order valence-electron chi connectivity index (χ0n) is 16.1. The highest BCUT2D eigenvalue weighted by atomic mass is 32.2. The van der Waals surface area contributed by atoms with Gasteiger partial charge in [-0.3, -0.25) is 14.7 Å². The van der Waals surface area contributed by atoms with Crippen LogP contribution in [0.5, 0.6) is 0 Å². The second-order valence-electron chi connectivity index (χ2n) is 6.90. The van der Waals surface area contributed by atoms with Crippen LogP contribution in [0.25, 0.3) is 12.2 Å². The molecule has 1 amide bonds. The number of aromatic amines is 2. The topological polar surface area (TPSA) is 94.7 Å². The summed E-state index contributed by atoms with van der Waals surface area (Å²) in [7, 11) is 0. The van der Waals surface area contributed by atoms with Crippen LogP contribution in [0, 0.1) is 5.82 Å². The molecule has 2 N–H and O–H groups in total. The van der Waals surface area contributed by atoms with Gasteiger partial charge in [-0.05, 0) is 42.7 Å². The van der Waals surface area contributed by atoms with Crippen molar-refractivity contribution in [2.45, 2.75) is 18.0 Å². The molecule has 0 aliphatic carbocycles. The maximum atomic E-state index is 12.9. The Hall–Kier alpha value is -3.20. The Morgan fingerprint density at radius 2 is 1.93 bits per heavy atom. The number of hydrogen-bond acceptors (Lipinski definition) is 5. The van der Waals surface area contributed by atoms with Crippen LogP contribution in [0.4, 0.5) is 4.39 Å². The van der Waals surface area contributed by atoms with E-state index in [1.807, 2.05) is 0 Å². The van der Waals surface area contributed by atoms with Gasteiger partial charge in [0, 0.05) is 24.8 Å². The lowest BCUT2D eigenvalue weighted by Crippen LogP contribution is -2.27. The summed E-state index contributed by atoms with van der Waals surface area (Å²) >= 11 is 1.22. The summed E-state index contributed by atoms with van der Waals surface area (Å²) in [5, 5.41) is 7.33. The smallest absolute Gasteiger partial charge is 0.270 e. The fraction of sp³-hybridized carbons (Fsp3) is 0.238. The van der Waals surface area contributed by atoms with Gasteiger partial charge in [-0.15, -0.1) is 5.10 Å². The van der Waals surface area contributed by atoms with Crippen LogP contribution in [0.15, 0.2) is 41.7 Å². The number of hydrogen-bond donors (Lipinski definition) is 2. The highest BCUT2D eigenvalue weighted by Gasteiger charge is 2.21. The number of benzene rings is 1. The highest BCUT2D eigenvalue weighted by Crippen LogP contribution is 2.18. The second-order valence-corrected chi connectivity index (χ2v) is 7.84. The molecule has 0 atom stereocenters. The third-order valence-electron chi connectivity index (χ3n) is 4.75. The summed E-state index contributed by atoms with van der Waals surface area (Å²) in [5.74, 6) is 0.240. The van der Waals surface area contributed by atoms with Gasteiger partial charge in [0.05, 0.1) is 5.75 Å². The van der Waals surface area contributed by atoms with Crippen molar-refractivity contribution in [1.29, 1.82) is 0 Å². The quantitative estimate of drug-likeness (QED) is 0.445. The van der Waals surface area contributed by atoms with Crippen molar-refractivity contribution in [3.05, 3.63) is 65.0 Å². The van der Waals surface area contributed by atoms with E-state index in [-0.39, 0.29) is 23.3 Å². The van der Waals surface area contributed by atoms with E-state index in [4.69, 9.17) is 0 Å². The molecule has 3 aromatic rings. The first kappa shape index (κ1) is 20.1. The van der Waals surface area contributed by atoms with Crippen LogP contribution in [0.2, 0.25) is 0 Å². The molecule has 0 spiro atoms. The lowest BCUT2D eigenvalue weighted by atomic mass is 10.2. The molecule has 3 heterocycles. The van der Waals surface area contributed by atoms with Gasteiger partial charge in [-0.2, -0.15) is 0 Å². The molecule has 1 aromatic carbocycles. The monoisotopic (exact) mass is 425 g/mol. The number of H-pyrrole nitrogens is 2. The summed E-state index contributed by atoms with van der Waals surface area (Å²) in [5.41, 5.74) is 1.75. The summed E-state index contributed by atoms with van der Waals surface area (Å²) < 4.78 is 12.9. The summed E-state index contributed by atoms with van der Waals surface area (Å²) in [6.45, 7) is 1.53. The molecule has 2 aromatic heterocycles. The lowest BCUT2D eigenvalue weighted by Gasteiger charge is -2.13. The molecular weight excluding hydrogens is 405 g/mol. The average Bonchev–Trinajstić information content (AvgIpc) is 3.53. The van der Waals surface area contributed by atoms with Crippen LogP contribution < -0.4 is 0 Å². The van der Waals surface area contributed by atoms with Gasteiger partial charge in [0.1, 0.15) is 17.3 Å². The van der Waals surface area contributed by atoms with Gasteiger partial charge in [0.15, 0.2) is 5.78 Å². The van der Waals surface area contributed by atoms with Gasteiger partial charge >= 0.3 is 0 Å². The van der Waals surface area contributed by atoms with Gasteiger partial charge in [-0.25, -0.2) is 9.37 Å². The second kappa shape index (κ2) is 9.08. The van der Waals surface area contributed by atoms with E-state index in [0.29, 0.717) is 22.2 Å². The minimum absolute atomic E-state index is 0.0641. The van der Waals surface area contributed by atoms with Crippen LogP contribution >= 0.6 is 11.8 Å². The number of aromatic nitrogens is 4. The molecule has 0 radical (unpaired) electrons. The third kappa shape index (κ3) is 4.85. The fourth-order valence-electron chi connectivity index (χ4n) is 3.13.